The minimum absolute atomic E-state index is 0.256. The molecule has 0 aliphatic rings. The molecule has 0 aliphatic carbocycles. The van der Waals surface area contributed by atoms with Crippen LogP contribution >= 0.6 is 0 Å². The van der Waals surface area contributed by atoms with Crippen LogP contribution in [0.4, 0.5) is 0 Å². The van der Waals surface area contributed by atoms with Crippen molar-refractivity contribution in [1.29, 1.82) is 0 Å². The van der Waals surface area contributed by atoms with Crippen LogP contribution in [-0.4, -0.2) is 11.7 Å². The minimum atomic E-state index is 0.256. The standard InChI is InChI=1S/C19H18O/c20-13-3-4-15-7-9-17(10-8-15)19-12-11-16-5-1-2-6-18(16)14-19/h1-2,5-12,14,20H,3-4,13H2. The number of aryl methyl sites for hydroxylation is 1. The quantitative estimate of drug-likeness (QED) is 0.737. The highest BCUT2D eigenvalue weighted by atomic mass is 16.2. The van der Waals surface area contributed by atoms with Gasteiger partial charge in [-0.05, 0) is 46.4 Å². The van der Waals surface area contributed by atoms with Crippen LogP contribution in [0, 0.1) is 0 Å². The molecular formula is C19H18O. The summed E-state index contributed by atoms with van der Waals surface area (Å²) in [5, 5.41) is 11.4. The van der Waals surface area contributed by atoms with Gasteiger partial charge in [0, 0.05) is 6.61 Å². The largest absolute Gasteiger partial charge is 0.396 e. The minimum Gasteiger partial charge on any atom is -0.396 e. The Labute approximate surface area is 119 Å². The van der Waals surface area contributed by atoms with Crippen LogP contribution in [0.25, 0.3) is 21.9 Å². The average molecular weight is 262 g/mol. The van der Waals surface area contributed by atoms with Gasteiger partial charge in [-0.2, -0.15) is 0 Å². The molecule has 1 heteroatoms. The summed E-state index contributed by atoms with van der Waals surface area (Å²) in [6, 6.07) is 23.6. The van der Waals surface area contributed by atoms with Crippen molar-refractivity contribution in [3.8, 4) is 11.1 Å². The lowest BCUT2D eigenvalue weighted by Gasteiger charge is -2.06. The topological polar surface area (TPSA) is 20.2 Å². The van der Waals surface area contributed by atoms with E-state index in [1.54, 1.807) is 0 Å². The Morgan fingerprint density at radius 2 is 1.40 bits per heavy atom. The molecule has 0 spiro atoms. The smallest absolute Gasteiger partial charge is 0.0434 e. The Hall–Kier alpha value is -2.12. The van der Waals surface area contributed by atoms with E-state index in [9.17, 15) is 0 Å². The van der Waals surface area contributed by atoms with Crippen LogP contribution in [0.1, 0.15) is 12.0 Å². The highest BCUT2D eigenvalue weighted by Gasteiger charge is 2.00. The van der Waals surface area contributed by atoms with Crippen LogP contribution in [-0.2, 0) is 6.42 Å². The van der Waals surface area contributed by atoms with Crippen molar-refractivity contribution in [2.24, 2.45) is 0 Å². The predicted octanol–water partition coefficient (Wildman–Crippen LogP) is 4.43. The maximum Gasteiger partial charge on any atom is 0.0434 e. The monoisotopic (exact) mass is 262 g/mol. The number of rotatable bonds is 4. The number of aliphatic hydroxyl groups excluding tert-OH is 1. The van der Waals surface area contributed by atoms with Gasteiger partial charge in [-0.3, -0.25) is 0 Å². The summed E-state index contributed by atoms with van der Waals surface area (Å²) >= 11 is 0. The molecule has 3 aromatic carbocycles. The molecule has 0 radical (unpaired) electrons. The molecule has 3 rings (SSSR count). The Morgan fingerprint density at radius 1 is 0.700 bits per heavy atom. The van der Waals surface area contributed by atoms with E-state index in [2.05, 4.69) is 66.7 Å². The number of fused-ring (bicyclic) bond motifs is 1. The van der Waals surface area contributed by atoms with Crippen molar-refractivity contribution in [1.82, 2.24) is 0 Å². The molecule has 0 aromatic heterocycles. The second kappa shape index (κ2) is 5.89. The van der Waals surface area contributed by atoms with Gasteiger partial charge in [0.1, 0.15) is 0 Å². The first-order valence-corrected chi connectivity index (χ1v) is 7.06. The first-order chi connectivity index (χ1) is 9.86. The van der Waals surface area contributed by atoms with Gasteiger partial charge in [-0.15, -0.1) is 0 Å². The van der Waals surface area contributed by atoms with Crippen molar-refractivity contribution < 1.29 is 5.11 Å². The molecule has 0 atom stereocenters. The Bertz CT molecular complexity index is 698. The van der Waals surface area contributed by atoms with E-state index in [1.165, 1.54) is 27.5 Å². The number of aliphatic hydroxyl groups is 1. The molecule has 0 bridgehead atoms. The zero-order chi connectivity index (χ0) is 13.8. The van der Waals surface area contributed by atoms with Crippen LogP contribution in [0.5, 0.6) is 0 Å². The summed E-state index contributed by atoms with van der Waals surface area (Å²) in [5.41, 5.74) is 3.77. The molecule has 1 nitrogen and oxygen atoms in total. The lowest BCUT2D eigenvalue weighted by atomic mass is 9.99. The molecule has 0 saturated heterocycles. The van der Waals surface area contributed by atoms with Gasteiger partial charge >= 0.3 is 0 Å². The van der Waals surface area contributed by atoms with Crippen LogP contribution < -0.4 is 0 Å². The molecule has 0 unspecified atom stereocenters. The van der Waals surface area contributed by atoms with Crippen molar-refractivity contribution in [3.05, 3.63) is 72.3 Å². The van der Waals surface area contributed by atoms with Crippen molar-refractivity contribution >= 4 is 10.8 Å². The van der Waals surface area contributed by atoms with Gasteiger partial charge in [0.05, 0.1) is 0 Å². The summed E-state index contributed by atoms with van der Waals surface area (Å²) in [6.07, 6.45) is 1.77. The Morgan fingerprint density at radius 3 is 2.15 bits per heavy atom. The molecule has 100 valence electrons. The Balaban J connectivity index is 1.90. The van der Waals surface area contributed by atoms with Gasteiger partial charge < -0.3 is 5.11 Å². The van der Waals surface area contributed by atoms with E-state index < -0.39 is 0 Å². The van der Waals surface area contributed by atoms with Gasteiger partial charge in [-0.1, -0.05) is 60.7 Å². The third kappa shape index (κ3) is 2.73. The first kappa shape index (κ1) is 12.9. The van der Waals surface area contributed by atoms with Crippen molar-refractivity contribution in [2.45, 2.75) is 12.8 Å². The number of benzene rings is 3. The maximum absolute atomic E-state index is 8.86. The second-order valence-electron chi connectivity index (χ2n) is 5.09. The summed E-state index contributed by atoms with van der Waals surface area (Å²) in [4.78, 5) is 0. The SMILES string of the molecule is OCCCc1ccc(-c2ccc3ccccc3c2)cc1. The normalized spacial score (nSPS) is 10.8. The highest BCUT2D eigenvalue weighted by Crippen LogP contribution is 2.24. The predicted molar refractivity (Wildman–Crippen MR) is 84.8 cm³/mol. The van der Waals surface area contributed by atoms with Crippen molar-refractivity contribution in [2.75, 3.05) is 6.61 Å². The molecular weight excluding hydrogens is 244 g/mol. The molecule has 0 fully saturated rings. The van der Waals surface area contributed by atoms with Gasteiger partial charge in [0.2, 0.25) is 0 Å². The average Bonchev–Trinajstić information content (AvgIpc) is 2.53. The summed E-state index contributed by atoms with van der Waals surface area (Å²) in [5.74, 6) is 0. The molecule has 0 amide bonds. The second-order valence-corrected chi connectivity index (χ2v) is 5.09. The molecule has 0 aliphatic heterocycles. The zero-order valence-corrected chi connectivity index (χ0v) is 11.4. The lowest BCUT2D eigenvalue weighted by molar-refractivity contribution is 0.288. The van der Waals surface area contributed by atoms with E-state index in [1.807, 2.05) is 0 Å². The number of hydrogen-bond acceptors (Lipinski definition) is 1. The van der Waals surface area contributed by atoms with Crippen LogP contribution in [0.3, 0.4) is 0 Å². The van der Waals surface area contributed by atoms with Crippen LogP contribution in [0.2, 0.25) is 0 Å². The molecule has 1 N–H and O–H groups in total. The summed E-state index contributed by atoms with van der Waals surface area (Å²) in [6.45, 7) is 0.256. The van der Waals surface area contributed by atoms with Gasteiger partial charge in [0.25, 0.3) is 0 Å². The van der Waals surface area contributed by atoms with Gasteiger partial charge in [0.15, 0.2) is 0 Å². The van der Waals surface area contributed by atoms with E-state index in [0.717, 1.165) is 12.8 Å². The lowest BCUT2D eigenvalue weighted by Crippen LogP contribution is -1.89. The third-order valence-corrected chi connectivity index (χ3v) is 3.66. The molecule has 20 heavy (non-hydrogen) atoms. The van der Waals surface area contributed by atoms with E-state index >= 15 is 0 Å². The van der Waals surface area contributed by atoms with E-state index in [-0.39, 0.29) is 6.61 Å². The van der Waals surface area contributed by atoms with Crippen LogP contribution in [0.15, 0.2) is 66.7 Å². The molecule has 3 aromatic rings. The highest BCUT2D eigenvalue weighted by molar-refractivity contribution is 5.87. The zero-order valence-electron chi connectivity index (χ0n) is 11.4. The van der Waals surface area contributed by atoms with Crippen molar-refractivity contribution in [3.63, 3.8) is 0 Å². The maximum atomic E-state index is 8.86. The van der Waals surface area contributed by atoms with E-state index in [4.69, 9.17) is 5.11 Å². The summed E-state index contributed by atoms with van der Waals surface area (Å²) in [7, 11) is 0. The van der Waals surface area contributed by atoms with E-state index in [0.29, 0.717) is 0 Å². The fourth-order valence-electron chi connectivity index (χ4n) is 2.52. The van der Waals surface area contributed by atoms with Gasteiger partial charge in [-0.25, -0.2) is 0 Å². The Kier molecular flexibility index (Phi) is 3.80. The summed E-state index contributed by atoms with van der Waals surface area (Å²) < 4.78 is 0. The first-order valence-electron chi connectivity index (χ1n) is 7.06. The molecule has 0 saturated carbocycles. The third-order valence-electron chi connectivity index (χ3n) is 3.66. The fourth-order valence-corrected chi connectivity index (χ4v) is 2.52. The molecule has 0 heterocycles. The number of hydrogen-bond donors (Lipinski definition) is 1. The fraction of sp³-hybridized carbons (Fsp3) is 0.158.